The van der Waals surface area contributed by atoms with Crippen molar-refractivity contribution >= 4 is 16.9 Å². The van der Waals surface area contributed by atoms with Crippen LogP contribution in [-0.2, 0) is 11.3 Å². The number of para-hydroxylation sites is 1. The maximum Gasteiger partial charge on any atom is 0.323 e. The molecule has 1 N–H and O–H groups in total. The zero-order valence-electron chi connectivity index (χ0n) is 8.97. The van der Waals surface area contributed by atoms with Gasteiger partial charge in [-0.3, -0.25) is 4.79 Å². The molecule has 0 radical (unpaired) electrons. The van der Waals surface area contributed by atoms with Gasteiger partial charge in [-0.25, -0.2) is 0 Å². The second kappa shape index (κ2) is 5.20. The predicted molar refractivity (Wildman–Crippen MR) is 60.9 cm³/mol. The van der Waals surface area contributed by atoms with E-state index in [1.54, 1.807) is 10.8 Å². The Labute approximate surface area is 89.0 Å². The number of nitrogens with zero attached hydrogens (tertiary/aromatic N) is 1. The van der Waals surface area contributed by atoms with Crippen molar-refractivity contribution in [1.82, 2.24) is 4.57 Å². The number of carboxylic acids is 1. The van der Waals surface area contributed by atoms with Crippen LogP contribution in [0.15, 0.2) is 36.5 Å². The Morgan fingerprint density at radius 3 is 2.60 bits per heavy atom. The molecule has 1 aromatic heterocycles. The largest absolute Gasteiger partial charge is 0.480 e. The lowest BCUT2D eigenvalue weighted by Gasteiger charge is -1.99. The van der Waals surface area contributed by atoms with E-state index in [0.717, 1.165) is 10.9 Å². The lowest BCUT2D eigenvalue weighted by Crippen LogP contribution is -2.06. The Hall–Kier alpha value is -1.77. The summed E-state index contributed by atoms with van der Waals surface area (Å²) in [5, 5.41) is 9.70. The van der Waals surface area contributed by atoms with Gasteiger partial charge in [0.15, 0.2) is 0 Å². The molecule has 1 aromatic carbocycles. The highest BCUT2D eigenvalue weighted by Gasteiger charge is 2.02. The second-order valence-electron chi connectivity index (χ2n) is 2.90. The molecule has 0 aliphatic carbocycles. The van der Waals surface area contributed by atoms with Crippen molar-refractivity contribution in [1.29, 1.82) is 0 Å². The maximum absolute atomic E-state index is 10.5. The average molecular weight is 205 g/mol. The third-order valence-corrected chi connectivity index (χ3v) is 1.99. The van der Waals surface area contributed by atoms with Crippen molar-refractivity contribution in [3.8, 4) is 0 Å². The van der Waals surface area contributed by atoms with Gasteiger partial charge in [0.25, 0.3) is 0 Å². The smallest absolute Gasteiger partial charge is 0.323 e. The van der Waals surface area contributed by atoms with Crippen molar-refractivity contribution in [3.63, 3.8) is 0 Å². The highest BCUT2D eigenvalue weighted by molar-refractivity contribution is 5.81. The number of fused-ring (bicyclic) bond motifs is 1. The SMILES string of the molecule is CC.O=C(O)Cn1ccc2ccccc21. The minimum absolute atomic E-state index is 0.0213. The first-order chi connectivity index (χ1) is 7.27. The van der Waals surface area contributed by atoms with Gasteiger partial charge >= 0.3 is 5.97 Å². The van der Waals surface area contributed by atoms with Gasteiger partial charge in [0, 0.05) is 11.7 Å². The number of hydrogen-bond donors (Lipinski definition) is 1. The van der Waals surface area contributed by atoms with E-state index in [9.17, 15) is 4.79 Å². The Balaban J connectivity index is 0.000000531. The van der Waals surface area contributed by atoms with Crippen LogP contribution in [0.4, 0.5) is 0 Å². The summed E-state index contributed by atoms with van der Waals surface area (Å²) in [5.41, 5.74) is 0.963. The van der Waals surface area contributed by atoms with E-state index >= 15 is 0 Å². The summed E-state index contributed by atoms with van der Waals surface area (Å²) in [6.45, 7) is 4.02. The normalized spacial score (nSPS) is 9.47. The number of aromatic nitrogens is 1. The molecular formula is C12H15NO2. The molecule has 0 amide bonds. The van der Waals surface area contributed by atoms with Crippen molar-refractivity contribution in [2.45, 2.75) is 20.4 Å². The summed E-state index contributed by atoms with van der Waals surface area (Å²) in [6, 6.07) is 9.64. The molecule has 15 heavy (non-hydrogen) atoms. The first-order valence-corrected chi connectivity index (χ1v) is 5.03. The van der Waals surface area contributed by atoms with E-state index in [1.165, 1.54) is 0 Å². The minimum atomic E-state index is -0.818. The third kappa shape index (κ3) is 2.59. The lowest BCUT2D eigenvalue weighted by molar-refractivity contribution is -0.137. The molecule has 0 fully saturated rings. The number of carboxylic acid groups (broad SMARTS) is 1. The first kappa shape index (κ1) is 11.3. The quantitative estimate of drug-likeness (QED) is 0.819. The summed E-state index contributed by atoms with van der Waals surface area (Å²) in [6.07, 6.45) is 1.79. The van der Waals surface area contributed by atoms with Gasteiger partial charge in [-0.1, -0.05) is 32.0 Å². The predicted octanol–water partition coefficient (Wildman–Crippen LogP) is 2.75. The van der Waals surface area contributed by atoms with Gasteiger partial charge in [0.2, 0.25) is 0 Å². The Bertz CT molecular complexity index is 446. The molecule has 80 valence electrons. The minimum Gasteiger partial charge on any atom is -0.480 e. The van der Waals surface area contributed by atoms with Crippen LogP contribution >= 0.6 is 0 Å². The molecule has 2 rings (SSSR count). The van der Waals surface area contributed by atoms with Gasteiger partial charge in [0.1, 0.15) is 6.54 Å². The molecule has 0 bridgehead atoms. The molecule has 0 spiro atoms. The number of rotatable bonds is 2. The molecule has 2 aromatic rings. The molecule has 3 nitrogen and oxygen atoms in total. The highest BCUT2D eigenvalue weighted by atomic mass is 16.4. The van der Waals surface area contributed by atoms with Crippen LogP contribution in [0.5, 0.6) is 0 Å². The Morgan fingerprint density at radius 2 is 1.93 bits per heavy atom. The molecule has 0 atom stereocenters. The fourth-order valence-corrected chi connectivity index (χ4v) is 1.42. The van der Waals surface area contributed by atoms with Crippen molar-refractivity contribution < 1.29 is 9.90 Å². The van der Waals surface area contributed by atoms with Gasteiger partial charge in [-0.15, -0.1) is 0 Å². The summed E-state index contributed by atoms with van der Waals surface area (Å²) in [4.78, 5) is 10.5. The molecule has 1 heterocycles. The molecule has 0 saturated heterocycles. The van der Waals surface area contributed by atoms with Crippen molar-refractivity contribution in [2.75, 3.05) is 0 Å². The van der Waals surface area contributed by atoms with Crippen LogP contribution in [0.3, 0.4) is 0 Å². The van der Waals surface area contributed by atoms with E-state index in [0.29, 0.717) is 0 Å². The van der Waals surface area contributed by atoms with Crippen LogP contribution < -0.4 is 0 Å². The number of benzene rings is 1. The summed E-state index contributed by atoms with van der Waals surface area (Å²) < 4.78 is 1.72. The second-order valence-corrected chi connectivity index (χ2v) is 2.90. The molecule has 0 unspecified atom stereocenters. The van der Waals surface area contributed by atoms with E-state index in [-0.39, 0.29) is 6.54 Å². The third-order valence-electron chi connectivity index (χ3n) is 1.99. The average Bonchev–Trinajstić information content (AvgIpc) is 2.64. The van der Waals surface area contributed by atoms with Crippen molar-refractivity contribution in [2.24, 2.45) is 0 Å². The zero-order valence-corrected chi connectivity index (χ0v) is 8.97. The van der Waals surface area contributed by atoms with Crippen LogP contribution in [0.1, 0.15) is 13.8 Å². The highest BCUT2D eigenvalue weighted by Crippen LogP contribution is 2.14. The van der Waals surface area contributed by atoms with Crippen LogP contribution in [0, 0.1) is 0 Å². The molecule has 0 saturated carbocycles. The Morgan fingerprint density at radius 1 is 1.27 bits per heavy atom. The fraction of sp³-hybridized carbons (Fsp3) is 0.250. The summed E-state index contributed by atoms with van der Waals surface area (Å²) in [7, 11) is 0. The topological polar surface area (TPSA) is 42.2 Å². The van der Waals surface area contributed by atoms with Crippen LogP contribution in [0.2, 0.25) is 0 Å². The zero-order chi connectivity index (χ0) is 11.3. The van der Waals surface area contributed by atoms with Crippen LogP contribution in [0.25, 0.3) is 10.9 Å². The van der Waals surface area contributed by atoms with Gasteiger partial charge in [-0.2, -0.15) is 0 Å². The van der Waals surface area contributed by atoms with Crippen LogP contribution in [-0.4, -0.2) is 15.6 Å². The number of hydrogen-bond acceptors (Lipinski definition) is 1. The maximum atomic E-state index is 10.5. The monoisotopic (exact) mass is 205 g/mol. The molecule has 0 aliphatic rings. The molecule has 0 aliphatic heterocycles. The Kier molecular flexibility index (Phi) is 3.92. The van der Waals surface area contributed by atoms with E-state index in [4.69, 9.17) is 5.11 Å². The molecular weight excluding hydrogens is 190 g/mol. The number of aliphatic carboxylic acids is 1. The molecule has 3 heteroatoms. The van der Waals surface area contributed by atoms with Gasteiger partial charge in [0.05, 0.1) is 0 Å². The number of carbonyl (C=O) groups is 1. The van der Waals surface area contributed by atoms with Gasteiger partial charge < -0.3 is 9.67 Å². The van der Waals surface area contributed by atoms with Crippen molar-refractivity contribution in [3.05, 3.63) is 36.5 Å². The standard InChI is InChI=1S/C10H9NO2.C2H6/c12-10(13)7-11-6-5-8-3-1-2-4-9(8)11;1-2/h1-6H,7H2,(H,12,13);1-2H3. The van der Waals surface area contributed by atoms with Gasteiger partial charge in [-0.05, 0) is 17.5 Å². The lowest BCUT2D eigenvalue weighted by atomic mass is 10.2. The van der Waals surface area contributed by atoms with E-state index in [2.05, 4.69) is 0 Å². The summed E-state index contributed by atoms with van der Waals surface area (Å²) >= 11 is 0. The van der Waals surface area contributed by atoms with E-state index in [1.807, 2.05) is 44.2 Å². The first-order valence-electron chi connectivity index (χ1n) is 5.03. The van der Waals surface area contributed by atoms with E-state index < -0.39 is 5.97 Å². The fourth-order valence-electron chi connectivity index (χ4n) is 1.42. The summed E-state index contributed by atoms with van der Waals surface area (Å²) in [5.74, 6) is -0.818.